The maximum atomic E-state index is 13.1. The highest BCUT2D eigenvalue weighted by Gasteiger charge is 2.62. The Kier molecular flexibility index (Phi) is 5.62. The van der Waals surface area contributed by atoms with Crippen LogP contribution in [0.25, 0.3) is 0 Å². The Morgan fingerprint density at radius 3 is 2.29 bits per heavy atom. The molecule has 3 aliphatic rings. The van der Waals surface area contributed by atoms with E-state index in [4.69, 9.17) is 4.74 Å². The van der Waals surface area contributed by atoms with Crippen LogP contribution in [0.5, 0.6) is 0 Å². The summed E-state index contributed by atoms with van der Waals surface area (Å²) in [5, 5.41) is 2.75. The van der Waals surface area contributed by atoms with E-state index < -0.39 is 24.5 Å². The average molecular weight is 427 g/mol. The quantitative estimate of drug-likeness (QED) is 0.558. The van der Waals surface area contributed by atoms with E-state index in [9.17, 15) is 19.2 Å². The van der Waals surface area contributed by atoms with Crippen LogP contribution >= 0.6 is 0 Å². The van der Waals surface area contributed by atoms with E-state index in [0.29, 0.717) is 5.69 Å². The van der Waals surface area contributed by atoms with Gasteiger partial charge in [-0.15, -0.1) is 0 Å². The summed E-state index contributed by atoms with van der Waals surface area (Å²) in [4.78, 5) is 52.6. The van der Waals surface area contributed by atoms with Gasteiger partial charge >= 0.3 is 5.97 Å². The number of hydrogen-bond donors (Lipinski definition) is 1. The lowest BCUT2D eigenvalue weighted by molar-refractivity contribution is -0.162. The van der Waals surface area contributed by atoms with E-state index in [1.54, 1.807) is 19.9 Å². The molecular formula is C24H30N2O5. The number of aryl methyl sites for hydroxylation is 1. The molecule has 2 aliphatic carbocycles. The Morgan fingerprint density at radius 2 is 1.71 bits per heavy atom. The molecule has 1 saturated heterocycles. The van der Waals surface area contributed by atoms with Gasteiger partial charge in [0, 0.05) is 5.69 Å². The van der Waals surface area contributed by atoms with Crippen molar-refractivity contribution in [2.75, 3.05) is 11.9 Å². The number of rotatable bonds is 6. The first kappa shape index (κ1) is 21.5. The fourth-order valence-electron chi connectivity index (χ4n) is 5.68. The molecule has 0 spiro atoms. The fourth-order valence-corrected chi connectivity index (χ4v) is 5.68. The van der Waals surface area contributed by atoms with Crippen molar-refractivity contribution in [1.82, 2.24) is 4.90 Å². The number of carbonyl (C=O) groups excluding carboxylic acids is 4. The average Bonchev–Trinajstić information content (AvgIpc) is 3.40. The van der Waals surface area contributed by atoms with Crippen molar-refractivity contribution in [2.24, 2.45) is 29.6 Å². The molecule has 7 heteroatoms. The zero-order valence-electron chi connectivity index (χ0n) is 18.5. The maximum absolute atomic E-state index is 13.1. The number of fused-ring (bicyclic) bond motifs is 5. The van der Waals surface area contributed by atoms with Crippen molar-refractivity contribution in [1.29, 1.82) is 0 Å². The Balaban J connectivity index is 1.42. The summed E-state index contributed by atoms with van der Waals surface area (Å²) in [5.41, 5.74) is 2.64. The molecule has 0 unspecified atom stereocenters. The number of likely N-dealkylation sites (tertiary alicyclic amines) is 1. The molecular weight excluding hydrogens is 396 g/mol. The minimum atomic E-state index is -1.00. The maximum Gasteiger partial charge on any atom is 0.330 e. The third kappa shape index (κ3) is 3.64. The van der Waals surface area contributed by atoms with Gasteiger partial charge in [-0.1, -0.05) is 26.0 Å². The third-order valence-corrected chi connectivity index (χ3v) is 7.34. The molecule has 2 bridgehead atoms. The molecule has 7 nitrogen and oxygen atoms in total. The van der Waals surface area contributed by atoms with Crippen molar-refractivity contribution < 1.29 is 23.9 Å². The lowest BCUT2D eigenvalue weighted by Crippen LogP contribution is -2.50. The highest BCUT2D eigenvalue weighted by Crippen LogP contribution is 2.56. The van der Waals surface area contributed by atoms with Crippen LogP contribution in [0.1, 0.15) is 44.2 Å². The summed E-state index contributed by atoms with van der Waals surface area (Å²) >= 11 is 0. The molecule has 166 valence electrons. The van der Waals surface area contributed by atoms with Crippen LogP contribution in [0.4, 0.5) is 5.69 Å². The summed E-state index contributed by atoms with van der Waals surface area (Å²) in [6.07, 6.45) is 2.90. The molecule has 5 atom stereocenters. The van der Waals surface area contributed by atoms with Crippen molar-refractivity contribution in [3.63, 3.8) is 0 Å². The van der Waals surface area contributed by atoms with Crippen LogP contribution in [0, 0.1) is 43.4 Å². The second-order valence-electron chi connectivity index (χ2n) is 9.52. The molecule has 1 heterocycles. The minimum Gasteiger partial charge on any atom is -0.454 e. The number of nitrogens with zero attached hydrogens (tertiary/aromatic N) is 1. The van der Waals surface area contributed by atoms with Crippen LogP contribution in [0.2, 0.25) is 0 Å². The molecule has 0 radical (unpaired) electrons. The first-order valence-corrected chi connectivity index (χ1v) is 11.1. The summed E-state index contributed by atoms with van der Waals surface area (Å²) in [5.74, 6) is -2.01. The molecule has 1 aromatic carbocycles. The van der Waals surface area contributed by atoms with Crippen molar-refractivity contribution >= 4 is 29.4 Å². The monoisotopic (exact) mass is 426 g/mol. The van der Waals surface area contributed by atoms with E-state index in [1.807, 2.05) is 26.0 Å². The van der Waals surface area contributed by atoms with Crippen LogP contribution < -0.4 is 5.32 Å². The molecule has 4 rings (SSSR count). The molecule has 1 aliphatic heterocycles. The van der Waals surface area contributed by atoms with E-state index in [2.05, 4.69) is 5.32 Å². The molecule has 1 N–H and O–H groups in total. The summed E-state index contributed by atoms with van der Waals surface area (Å²) < 4.78 is 5.27. The molecule has 31 heavy (non-hydrogen) atoms. The van der Waals surface area contributed by atoms with Gasteiger partial charge in [0.25, 0.3) is 5.91 Å². The van der Waals surface area contributed by atoms with Gasteiger partial charge in [-0.2, -0.15) is 0 Å². The Hall–Kier alpha value is -2.70. The number of carbonyl (C=O) groups is 4. The van der Waals surface area contributed by atoms with Gasteiger partial charge in [0.05, 0.1) is 11.8 Å². The number of benzene rings is 1. The zero-order chi connectivity index (χ0) is 22.4. The van der Waals surface area contributed by atoms with Crippen LogP contribution in [0.3, 0.4) is 0 Å². The number of amides is 3. The van der Waals surface area contributed by atoms with Gasteiger partial charge in [0.2, 0.25) is 11.8 Å². The van der Waals surface area contributed by atoms with Gasteiger partial charge in [-0.25, -0.2) is 4.79 Å². The number of anilines is 1. The van der Waals surface area contributed by atoms with Crippen molar-refractivity contribution in [2.45, 2.75) is 53.0 Å². The Labute approximate surface area is 182 Å². The predicted octanol–water partition coefficient (Wildman–Crippen LogP) is 2.84. The molecule has 3 fully saturated rings. The molecule has 3 amide bonds. The number of ether oxygens (including phenoxy) is 1. The lowest BCUT2D eigenvalue weighted by Gasteiger charge is -2.28. The van der Waals surface area contributed by atoms with Gasteiger partial charge in [-0.05, 0) is 68.1 Å². The van der Waals surface area contributed by atoms with Crippen molar-refractivity contribution in [3.05, 3.63) is 29.3 Å². The highest BCUT2D eigenvalue weighted by atomic mass is 16.5. The first-order chi connectivity index (χ1) is 14.7. The zero-order valence-corrected chi connectivity index (χ0v) is 18.5. The van der Waals surface area contributed by atoms with Crippen LogP contribution in [0.15, 0.2) is 18.2 Å². The second-order valence-corrected chi connectivity index (χ2v) is 9.52. The molecule has 1 aromatic rings. The Bertz CT molecular complexity index is 912. The predicted molar refractivity (Wildman–Crippen MR) is 114 cm³/mol. The van der Waals surface area contributed by atoms with Gasteiger partial charge < -0.3 is 10.1 Å². The number of esters is 1. The SMILES string of the molecule is Cc1cccc(NC(=O)COC(=O)[C@@H](C(C)C)N2C(=O)[C@H]3[C@@H]4CC[C@@H](C4)[C@@H]3C2=O)c1C. The molecule has 2 saturated carbocycles. The highest BCUT2D eigenvalue weighted by molar-refractivity contribution is 6.08. The standard InChI is InChI=1S/C24H30N2O5/c1-12(2)21(26-22(28)19-15-8-9-16(10-15)20(19)23(26)29)24(30)31-11-18(27)25-17-7-5-6-13(3)14(17)4/h5-7,12,15-16,19-21H,8-11H2,1-4H3,(H,25,27)/t15-,16+,19-,20-,21+/m0/s1. The Morgan fingerprint density at radius 1 is 1.10 bits per heavy atom. The normalized spacial score (nSPS) is 27.6. The summed E-state index contributed by atoms with van der Waals surface area (Å²) in [6.45, 7) is 6.95. The van der Waals surface area contributed by atoms with Gasteiger partial charge in [0.15, 0.2) is 6.61 Å². The smallest absolute Gasteiger partial charge is 0.330 e. The minimum absolute atomic E-state index is 0.238. The number of hydrogen-bond acceptors (Lipinski definition) is 5. The lowest BCUT2D eigenvalue weighted by atomic mass is 9.81. The third-order valence-electron chi connectivity index (χ3n) is 7.34. The van der Waals surface area contributed by atoms with Crippen LogP contribution in [-0.2, 0) is 23.9 Å². The van der Waals surface area contributed by atoms with Gasteiger partial charge in [0.1, 0.15) is 6.04 Å². The van der Waals surface area contributed by atoms with E-state index >= 15 is 0 Å². The van der Waals surface area contributed by atoms with E-state index in [-0.39, 0.29) is 41.4 Å². The topological polar surface area (TPSA) is 92.8 Å². The van der Waals surface area contributed by atoms with Gasteiger partial charge in [-0.3, -0.25) is 19.3 Å². The van der Waals surface area contributed by atoms with E-state index in [1.165, 1.54) is 0 Å². The summed E-state index contributed by atoms with van der Waals surface area (Å²) in [6, 6.07) is 4.57. The molecule has 0 aromatic heterocycles. The first-order valence-electron chi connectivity index (χ1n) is 11.1. The largest absolute Gasteiger partial charge is 0.454 e. The summed E-state index contributed by atoms with van der Waals surface area (Å²) in [7, 11) is 0. The number of imide groups is 1. The number of nitrogens with one attached hydrogen (secondary N) is 1. The second kappa shape index (κ2) is 8.09. The van der Waals surface area contributed by atoms with Crippen LogP contribution in [-0.4, -0.2) is 41.2 Å². The fraction of sp³-hybridized carbons (Fsp3) is 0.583. The van der Waals surface area contributed by atoms with Crippen molar-refractivity contribution in [3.8, 4) is 0 Å². The van der Waals surface area contributed by atoms with E-state index in [0.717, 1.165) is 35.3 Å².